The predicted molar refractivity (Wildman–Crippen MR) is 146 cm³/mol. The van der Waals surface area contributed by atoms with Crippen molar-refractivity contribution in [2.75, 3.05) is 56.0 Å². The number of nitrogens with zero attached hydrogens (tertiary/aromatic N) is 7. The Bertz CT molecular complexity index is 1220. The monoisotopic (exact) mass is 524 g/mol. The van der Waals surface area contributed by atoms with Gasteiger partial charge in [0.25, 0.3) is 0 Å². The summed E-state index contributed by atoms with van der Waals surface area (Å²) in [6, 6.07) is 2.05. The van der Waals surface area contributed by atoms with Gasteiger partial charge in [0.2, 0.25) is 17.8 Å². The van der Waals surface area contributed by atoms with Crippen molar-refractivity contribution in [2.45, 2.75) is 46.0 Å². The molecule has 3 aromatic heterocycles. The molecule has 0 aliphatic carbocycles. The van der Waals surface area contributed by atoms with Crippen LogP contribution < -0.4 is 10.2 Å². The molecule has 2 fully saturated rings. The van der Waals surface area contributed by atoms with Gasteiger partial charge in [0.1, 0.15) is 6.33 Å². The third-order valence-corrected chi connectivity index (χ3v) is 8.04. The Hall–Kier alpha value is -3.21. The van der Waals surface area contributed by atoms with Crippen LogP contribution in [0.4, 0.5) is 11.8 Å². The number of anilines is 2. The highest BCUT2D eigenvalue weighted by Crippen LogP contribution is 2.28. The Morgan fingerprint density at radius 2 is 2.08 bits per heavy atom. The highest BCUT2D eigenvalue weighted by atomic mass is 32.1. The van der Waals surface area contributed by atoms with Crippen molar-refractivity contribution < 1.29 is 9.59 Å². The first kappa shape index (κ1) is 25.4. The lowest BCUT2D eigenvalue weighted by atomic mass is 9.96. The molecule has 3 aromatic rings. The van der Waals surface area contributed by atoms with Crippen molar-refractivity contribution in [1.29, 1.82) is 0 Å². The van der Waals surface area contributed by atoms with Crippen LogP contribution in [0.3, 0.4) is 0 Å². The van der Waals surface area contributed by atoms with Crippen LogP contribution >= 0.6 is 11.3 Å². The number of likely N-dealkylation sites (tertiary alicyclic amines) is 1. The molecule has 5 heterocycles. The number of hydrogen-bond donors (Lipinski definition) is 1. The van der Waals surface area contributed by atoms with Gasteiger partial charge in [-0.15, -0.1) is 0 Å². The number of imidazole rings is 1. The van der Waals surface area contributed by atoms with E-state index < -0.39 is 0 Å². The largest absolute Gasteiger partial charge is 0.368 e. The quantitative estimate of drug-likeness (QED) is 0.406. The van der Waals surface area contributed by atoms with Gasteiger partial charge in [-0.3, -0.25) is 14.2 Å². The average molecular weight is 525 g/mol. The standard InChI is InChI=1S/C26H36N8O2S/c1-3-31(4-2)25(36)19-8-5-13-33(16-19)26-29-23(27-11-7-14-32-12-6-9-21(32)35)22-24(30-26)34(18-28-22)20-10-15-37-17-20/h10,15,17-19H,3-9,11-14,16H2,1-2H3,(H,27,29,30). The molecule has 0 aromatic carbocycles. The van der Waals surface area contributed by atoms with Gasteiger partial charge in [0.15, 0.2) is 17.0 Å². The molecule has 37 heavy (non-hydrogen) atoms. The molecule has 0 bridgehead atoms. The molecule has 0 saturated carbocycles. The molecule has 5 rings (SSSR count). The Morgan fingerprint density at radius 3 is 2.81 bits per heavy atom. The van der Waals surface area contributed by atoms with Gasteiger partial charge in [0.05, 0.1) is 11.6 Å². The maximum Gasteiger partial charge on any atom is 0.229 e. The average Bonchev–Trinajstić information content (AvgIpc) is 3.68. The van der Waals surface area contributed by atoms with Crippen LogP contribution in [0.2, 0.25) is 0 Å². The number of nitrogens with one attached hydrogen (secondary N) is 1. The summed E-state index contributed by atoms with van der Waals surface area (Å²) in [6.07, 6.45) is 6.06. The topological polar surface area (TPSA) is 99.5 Å². The fraction of sp³-hybridized carbons (Fsp3) is 0.577. The van der Waals surface area contributed by atoms with Gasteiger partial charge < -0.3 is 20.0 Å². The molecule has 2 saturated heterocycles. The van der Waals surface area contributed by atoms with E-state index in [2.05, 4.69) is 20.6 Å². The van der Waals surface area contributed by atoms with E-state index in [0.717, 1.165) is 75.3 Å². The van der Waals surface area contributed by atoms with Crippen LogP contribution in [-0.2, 0) is 9.59 Å². The SMILES string of the molecule is CCN(CC)C(=O)C1CCCN(c2nc(NCCCN3CCCC3=O)c3ncn(-c4ccsc4)c3n2)C1. The molecule has 198 valence electrons. The first-order valence-electron chi connectivity index (χ1n) is 13.4. The number of carbonyl (C=O) groups excluding carboxylic acids is 2. The van der Waals surface area contributed by atoms with E-state index in [1.54, 1.807) is 17.7 Å². The molecule has 2 aliphatic heterocycles. The van der Waals surface area contributed by atoms with Crippen molar-refractivity contribution in [3.8, 4) is 5.69 Å². The predicted octanol–water partition coefficient (Wildman–Crippen LogP) is 3.39. The number of carbonyl (C=O) groups is 2. The number of fused-ring (bicyclic) bond motifs is 1. The lowest BCUT2D eigenvalue weighted by molar-refractivity contribution is -0.135. The summed E-state index contributed by atoms with van der Waals surface area (Å²) in [7, 11) is 0. The molecular formula is C26H36N8O2S. The summed E-state index contributed by atoms with van der Waals surface area (Å²) in [5, 5.41) is 7.58. The summed E-state index contributed by atoms with van der Waals surface area (Å²) in [6.45, 7) is 9.23. The Labute approximate surface area is 221 Å². The van der Waals surface area contributed by atoms with Gasteiger partial charge in [0, 0.05) is 57.6 Å². The fourth-order valence-corrected chi connectivity index (χ4v) is 5.94. The second-order valence-electron chi connectivity index (χ2n) is 9.70. The van der Waals surface area contributed by atoms with Gasteiger partial charge in [-0.05, 0) is 51.0 Å². The van der Waals surface area contributed by atoms with Crippen LogP contribution in [0.1, 0.15) is 46.0 Å². The molecule has 2 aliphatic rings. The van der Waals surface area contributed by atoms with Gasteiger partial charge in [-0.25, -0.2) is 4.98 Å². The first-order chi connectivity index (χ1) is 18.1. The fourth-order valence-electron chi connectivity index (χ4n) is 5.31. The van der Waals surface area contributed by atoms with Crippen LogP contribution in [0.5, 0.6) is 0 Å². The van der Waals surface area contributed by atoms with E-state index in [9.17, 15) is 9.59 Å². The van der Waals surface area contributed by atoms with E-state index in [4.69, 9.17) is 9.97 Å². The van der Waals surface area contributed by atoms with E-state index in [0.29, 0.717) is 31.3 Å². The normalized spacial score (nSPS) is 18.1. The number of aromatic nitrogens is 4. The number of rotatable bonds is 10. The molecular weight excluding hydrogens is 488 g/mol. The maximum atomic E-state index is 13.1. The third kappa shape index (κ3) is 5.41. The maximum absolute atomic E-state index is 13.1. The number of piperidine rings is 1. The van der Waals surface area contributed by atoms with Crippen LogP contribution in [0.25, 0.3) is 16.9 Å². The van der Waals surface area contributed by atoms with Crippen molar-refractivity contribution in [3.05, 3.63) is 23.2 Å². The van der Waals surface area contributed by atoms with Crippen molar-refractivity contribution in [1.82, 2.24) is 29.3 Å². The number of thiophene rings is 1. The minimum absolute atomic E-state index is 0.0517. The number of amides is 2. The Morgan fingerprint density at radius 1 is 1.22 bits per heavy atom. The highest BCUT2D eigenvalue weighted by Gasteiger charge is 2.30. The van der Waals surface area contributed by atoms with Crippen LogP contribution in [0, 0.1) is 5.92 Å². The molecule has 1 N–H and O–H groups in total. The molecule has 1 unspecified atom stereocenters. The first-order valence-corrected chi connectivity index (χ1v) is 14.4. The minimum Gasteiger partial charge on any atom is -0.368 e. The summed E-state index contributed by atoms with van der Waals surface area (Å²) in [5.41, 5.74) is 2.49. The Balaban J connectivity index is 1.39. The molecule has 0 spiro atoms. The highest BCUT2D eigenvalue weighted by molar-refractivity contribution is 7.08. The van der Waals surface area contributed by atoms with E-state index in [1.807, 2.05) is 39.7 Å². The summed E-state index contributed by atoms with van der Waals surface area (Å²) in [5.74, 6) is 1.73. The zero-order chi connectivity index (χ0) is 25.8. The second-order valence-corrected chi connectivity index (χ2v) is 10.5. The van der Waals surface area contributed by atoms with Crippen molar-refractivity contribution in [2.24, 2.45) is 5.92 Å². The second kappa shape index (κ2) is 11.5. The number of hydrogen-bond acceptors (Lipinski definition) is 8. The molecule has 0 radical (unpaired) electrons. The molecule has 10 nitrogen and oxygen atoms in total. The zero-order valence-corrected chi connectivity index (χ0v) is 22.5. The lowest BCUT2D eigenvalue weighted by Gasteiger charge is -2.34. The summed E-state index contributed by atoms with van der Waals surface area (Å²) < 4.78 is 1.99. The van der Waals surface area contributed by atoms with Crippen molar-refractivity contribution >= 4 is 46.1 Å². The van der Waals surface area contributed by atoms with Gasteiger partial charge in [-0.1, -0.05) is 0 Å². The summed E-state index contributed by atoms with van der Waals surface area (Å²) in [4.78, 5) is 45.6. The zero-order valence-electron chi connectivity index (χ0n) is 21.7. The minimum atomic E-state index is -0.0517. The van der Waals surface area contributed by atoms with Crippen molar-refractivity contribution in [3.63, 3.8) is 0 Å². The van der Waals surface area contributed by atoms with Gasteiger partial charge in [-0.2, -0.15) is 21.3 Å². The van der Waals surface area contributed by atoms with Crippen LogP contribution in [0.15, 0.2) is 23.2 Å². The van der Waals surface area contributed by atoms with E-state index >= 15 is 0 Å². The Kier molecular flexibility index (Phi) is 7.87. The van der Waals surface area contributed by atoms with E-state index in [1.165, 1.54) is 0 Å². The van der Waals surface area contributed by atoms with E-state index in [-0.39, 0.29) is 17.7 Å². The molecule has 2 amide bonds. The summed E-state index contributed by atoms with van der Waals surface area (Å²) >= 11 is 1.63. The molecule has 1 atom stereocenters. The van der Waals surface area contributed by atoms with Gasteiger partial charge >= 0.3 is 0 Å². The molecule has 11 heteroatoms. The lowest BCUT2D eigenvalue weighted by Crippen LogP contribution is -2.45. The third-order valence-electron chi connectivity index (χ3n) is 7.37. The smallest absolute Gasteiger partial charge is 0.229 e. The van der Waals surface area contributed by atoms with Crippen LogP contribution in [-0.4, -0.2) is 86.9 Å².